The SMILES string of the molecule is C[C@H]1CCCN(C(=O)CSC2=Nc3cccc4cccc(c34)N2)C1. The Bertz CT molecular complexity index is 812. The minimum Gasteiger partial charge on any atom is -0.342 e. The van der Waals surface area contributed by atoms with E-state index in [4.69, 9.17) is 4.99 Å². The topological polar surface area (TPSA) is 44.7 Å². The first-order valence-corrected chi connectivity index (χ1v) is 9.47. The van der Waals surface area contributed by atoms with Crippen LogP contribution in [0.3, 0.4) is 0 Å². The Morgan fingerprint density at radius 3 is 3.00 bits per heavy atom. The summed E-state index contributed by atoms with van der Waals surface area (Å²) in [4.78, 5) is 19.1. The van der Waals surface area contributed by atoms with E-state index >= 15 is 0 Å². The molecule has 1 saturated heterocycles. The zero-order chi connectivity index (χ0) is 16.5. The van der Waals surface area contributed by atoms with Gasteiger partial charge in [-0.05, 0) is 36.3 Å². The summed E-state index contributed by atoms with van der Waals surface area (Å²) in [6.07, 6.45) is 2.35. The molecule has 0 radical (unpaired) electrons. The van der Waals surface area contributed by atoms with Crippen LogP contribution < -0.4 is 5.32 Å². The van der Waals surface area contributed by atoms with Gasteiger partial charge < -0.3 is 10.2 Å². The smallest absolute Gasteiger partial charge is 0.233 e. The van der Waals surface area contributed by atoms with Gasteiger partial charge in [-0.3, -0.25) is 4.79 Å². The first-order chi connectivity index (χ1) is 11.7. The number of nitrogens with zero attached hydrogens (tertiary/aromatic N) is 2. The summed E-state index contributed by atoms with van der Waals surface area (Å²) >= 11 is 1.50. The molecule has 0 unspecified atom stereocenters. The number of amidine groups is 1. The number of hydrogen-bond donors (Lipinski definition) is 1. The maximum absolute atomic E-state index is 12.4. The molecule has 4 rings (SSSR count). The fourth-order valence-electron chi connectivity index (χ4n) is 3.48. The molecule has 5 heteroatoms. The van der Waals surface area contributed by atoms with Crippen molar-refractivity contribution >= 4 is 45.0 Å². The summed E-state index contributed by atoms with van der Waals surface area (Å²) in [6.45, 7) is 4.00. The van der Waals surface area contributed by atoms with E-state index in [-0.39, 0.29) is 5.91 Å². The van der Waals surface area contributed by atoms with Gasteiger partial charge in [0.15, 0.2) is 5.17 Å². The molecule has 2 aliphatic heterocycles. The molecule has 0 aromatic heterocycles. The second kappa shape index (κ2) is 6.48. The van der Waals surface area contributed by atoms with Crippen molar-refractivity contribution in [1.82, 2.24) is 4.90 Å². The third-order valence-corrected chi connectivity index (χ3v) is 5.55. The van der Waals surface area contributed by atoms with Gasteiger partial charge in [0.1, 0.15) is 0 Å². The van der Waals surface area contributed by atoms with Gasteiger partial charge in [0.05, 0.1) is 17.1 Å². The molecule has 1 N–H and O–H groups in total. The fourth-order valence-corrected chi connectivity index (χ4v) is 4.26. The lowest BCUT2D eigenvalue weighted by molar-refractivity contribution is -0.129. The molecule has 2 aromatic rings. The van der Waals surface area contributed by atoms with Gasteiger partial charge >= 0.3 is 0 Å². The number of anilines is 1. The average Bonchev–Trinajstić information content (AvgIpc) is 2.60. The van der Waals surface area contributed by atoms with Crippen molar-refractivity contribution in [1.29, 1.82) is 0 Å². The predicted molar refractivity (Wildman–Crippen MR) is 102 cm³/mol. The Morgan fingerprint density at radius 2 is 2.17 bits per heavy atom. The zero-order valence-corrected chi connectivity index (χ0v) is 14.6. The average molecular weight is 339 g/mol. The molecule has 1 fully saturated rings. The molecule has 2 heterocycles. The summed E-state index contributed by atoms with van der Waals surface area (Å²) in [7, 11) is 0. The maximum atomic E-state index is 12.4. The third kappa shape index (κ3) is 3.00. The van der Waals surface area contributed by atoms with Crippen LogP contribution in [-0.4, -0.2) is 34.8 Å². The van der Waals surface area contributed by atoms with Gasteiger partial charge in [0, 0.05) is 18.5 Å². The van der Waals surface area contributed by atoms with E-state index in [0.29, 0.717) is 11.7 Å². The van der Waals surface area contributed by atoms with Crippen molar-refractivity contribution in [2.75, 3.05) is 24.2 Å². The maximum Gasteiger partial charge on any atom is 0.233 e. The monoisotopic (exact) mass is 339 g/mol. The van der Waals surface area contributed by atoms with Gasteiger partial charge in [-0.2, -0.15) is 0 Å². The van der Waals surface area contributed by atoms with Crippen molar-refractivity contribution in [2.45, 2.75) is 19.8 Å². The number of piperidine rings is 1. The number of thioether (sulfide) groups is 1. The van der Waals surface area contributed by atoms with Gasteiger partial charge in [-0.1, -0.05) is 43.0 Å². The van der Waals surface area contributed by atoms with E-state index in [2.05, 4.69) is 30.4 Å². The second-order valence-electron chi connectivity index (χ2n) is 6.60. The second-order valence-corrected chi connectivity index (χ2v) is 7.56. The molecule has 0 bridgehead atoms. The van der Waals surface area contributed by atoms with Crippen LogP contribution in [0.15, 0.2) is 41.4 Å². The van der Waals surface area contributed by atoms with Crippen molar-refractivity contribution in [3.63, 3.8) is 0 Å². The van der Waals surface area contributed by atoms with E-state index in [0.717, 1.165) is 41.4 Å². The molecular formula is C19H21N3OS. The zero-order valence-electron chi connectivity index (χ0n) is 13.8. The highest BCUT2D eigenvalue weighted by atomic mass is 32.2. The lowest BCUT2D eigenvalue weighted by Gasteiger charge is -2.31. The largest absolute Gasteiger partial charge is 0.342 e. The van der Waals surface area contributed by atoms with Gasteiger partial charge in [0.2, 0.25) is 5.91 Å². The number of carbonyl (C=O) groups is 1. The summed E-state index contributed by atoms with van der Waals surface area (Å²) in [6, 6.07) is 12.4. The lowest BCUT2D eigenvalue weighted by atomic mass is 10.0. The van der Waals surface area contributed by atoms with Crippen molar-refractivity contribution in [2.24, 2.45) is 10.9 Å². The Kier molecular flexibility index (Phi) is 4.19. The Labute approximate surface area is 146 Å². The summed E-state index contributed by atoms with van der Waals surface area (Å²) < 4.78 is 0. The van der Waals surface area contributed by atoms with Gasteiger partial charge in [0.25, 0.3) is 0 Å². The lowest BCUT2D eigenvalue weighted by Crippen LogP contribution is -2.40. The number of nitrogens with one attached hydrogen (secondary N) is 1. The quantitative estimate of drug-likeness (QED) is 0.890. The highest BCUT2D eigenvalue weighted by molar-refractivity contribution is 8.14. The van der Waals surface area contributed by atoms with E-state index in [1.54, 1.807) is 0 Å². The molecule has 0 spiro atoms. The summed E-state index contributed by atoms with van der Waals surface area (Å²) in [5.74, 6) is 1.27. The molecule has 0 aliphatic carbocycles. The van der Waals surface area contributed by atoms with E-state index in [1.165, 1.54) is 23.6 Å². The molecule has 2 aliphatic rings. The molecule has 4 nitrogen and oxygen atoms in total. The number of hydrogen-bond acceptors (Lipinski definition) is 4. The van der Waals surface area contributed by atoms with E-state index in [9.17, 15) is 4.79 Å². The van der Waals surface area contributed by atoms with Crippen molar-refractivity contribution in [3.05, 3.63) is 36.4 Å². The molecule has 124 valence electrons. The standard InChI is InChI=1S/C19H21N3OS/c1-13-5-4-10-22(11-13)17(23)12-24-19-20-15-8-2-6-14-7-3-9-16(21-19)18(14)15/h2-3,6-9,13H,4-5,10-12H2,1H3,(H,20,21)/t13-/m0/s1. The van der Waals surface area contributed by atoms with Crippen LogP contribution in [0.5, 0.6) is 0 Å². The van der Waals surface area contributed by atoms with E-state index < -0.39 is 0 Å². The first-order valence-electron chi connectivity index (χ1n) is 8.49. The fraction of sp³-hybridized carbons (Fsp3) is 0.368. The molecule has 0 saturated carbocycles. The Hall–Kier alpha value is -2.01. The van der Waals surface area contributed by atoms with Crippen LogP contribution >= 0.6 is 11.8 Å². The van der Waals surface area contributed by atoms with Crippen LogP contribution in [0.25, 0.3) is 10.8 Å². The number of amides is 1. The normalized spacial score (nSPS) is 19.8. The minimum atomic E-state index is 0.216. The van der Waals surface area contributed by atoms with Crippen molar-refractivity contribution < 1.29 is 4.79 Å². The van der Waals surface area contributed by atoms with Crippen LogP contribution in [0, 0.1) is 5.92 Å². The molecular weight excluding hydrogens is 318 g/mol. The predicted octanol–water partition coefficient (Wildman–Crippen LogP) is 4.24. The summed E-state index contributed by atoms with van der Waals surface area (Å²) in [5, 5.41) is 6.51. The molecule has 24 heavy (non-hydrogen) atoms. The van der Waals surface area contributed by atoms with Crippen LogP contribution in [-0.2, 0) is 4.79 Å². The summed E-state index contributed by atoms with van der Waals surface area (Å²) in [5.41, 5.74) is 2.04. The molecule has 1 amide bonds. The molecule has 1 atom stereocenters. The molecule has 2 aromatic carbocycles. The highest BCUT2D eigenvalue weighted by Crippen LogP contribution is 2.36. The minimum absolute atomic E-state index is 0.216. The number of aliphatic imine (C=N–C) groups is 1. The van der Waals surface area contributed by atoms with Crippen molar-refractivity contribution in [3.8, 4) is 0 Å². The third-order valence-electron chi connectivity index (χ3n) is 4.69. The first kappa shape index (κ1) is 15.5. The number of carbonyl (C=O) groups excluding carboxylic acids is 1. The van der Waals surface area contributed by atoms with Gasteiger partial charge in [-0.15, -0.1) is 0 Å². The Balaban J connectivity index is 1.47. The van der Waals surface area contributed by atoms with Gasteiger partial charge in [-0.25, -0.2) is 4.99 Å². The Morgan fingerprint density at radius 1 is 1.33 bits per heavy atom. The highest BCUT2D eigenvalue weighted by Gasteiger charge is 2.22. The van der Waals surface area contributed by atoms with Crippen LogP contribution in [0.4, 0.5) is 11.4 Å². The van der Waals surface area contributed by atoms with E-state index in [1.807, 2.05) is 23.1 Å². The number of likely N-dealkylation sites (tertiary alicyclic amines) is 1. The van der Waals surface area contributed by atoms with Crippen LogP contribution in [0.2, 0.25) is 0 Å². The number of benzene rings is 2. The van der Waals surface area contributed by atoms with Crippen LogP contribution in [0.1, 0.15) is 19.8 Å². The number of rotatable bonds is 2.